The van der Waals surface area contributed by atoms with E-state index < -0.39 is 10.0 Å². The number of carbonyl (C=O) groups excluding carboxylic acids is 1. The molecule has 0 radical (unpaired) electrons. The van der Waals surface area contributed by atoms with Gasteiger partial charge in [0.15, 0.2) is 6.39 Å². The van der Waals surface area contributed by atoms with Gasteiger partial charge in [0.05, 0.1) is 11.9 Å². The van der Waals surface area contributed by atoms with E-state index in [1.165, 1.54) is 17.0 Å². The van der Waals surface area contributed by atoms with Crippen LogP contribution in [0.2, 0.25) is 0 Å². The molecular weight excluding hydrogens is 294 g/mol. The lowest BCUT2D eigenvalue weighted by atomic mass is 9.91. The van der Waals surface area contributed by atoms with Gasteiger partial charge in [0.25, 0.3) is 5.91 Å². The van der Waals surface area contributed by atoms with E-state index in [9.17, 15) is 13.2 Å². The lowest BCUT2D eigenvalue weighted by Gasteiger charge is -2.22. The molecule has 1 amide bonds. The maximum atomic E-state index is 12.2. The Morgan fingerprint density at radius 3 is 2.62 bits per heavy atom. The molecule has 2 atom stereocenters. The number of sulfonamides is 1. The highest BCUT2D eigenvalue weighted by atomic mass is 32.2. The van der Waals surface area contributed by atoms with Gasteiger partial charge in [-0.2, -0.15) is 4.31 Å². The Hall–Kier alpha value is -1.41. The van der Waals surface area contributed by atoms with Crippen LogP contribution in [-0.2, 0) is 10.0 Å². The average molecular weight is 315 g/mol. The molecule has 1 aliphatic heterocycles. The third-order valence-electron chi connectivity index (χ3n) is 3.93. The minimum Gasteiger partial charge on any atom is -0.438 e. The Kier molecular flexibility index (Phi) is 4.38. The van der Waals surface area contributed by atoms with Crippen LogP contribution in [0, 0.1) is 18.8 Å². The van der Waals surface area contributed by atoms with E-state index in [4.69, 9.17) is 4.42 Å². The van der Waals surface area contributed by atoms with Crippen molar-refractivity contribution in [2.45, 2.75) is 26.8 Å². The van der Waals surface area contributed by atoms with Crippen molar-refractivity contribution in [3.63, 3.8) is 0 Å². The average Bonchev–Trinajstić information content (AvgIpc) is 2.94. The van der Waals surface area contributed by atoms with Crippen molar-refractivity contribution in [2.24, 2.45) is 11.8 Å². The van der Waals surface area contributed by atoms with Gasteiger partial charge in [-0.1, -0.05) is 13.8 Å². The van der Waals surface area contributed by atoms with Crippen LogP contribution in [0.25, 0.3) is 0 Å². The summed E-state index contributed by atoms with van der Waals surface area (Å²) < 4.78 is 29.9. The zero-order valence-electron chi connectivity index (χ0n) is 12.7. The number of oxazole rings is 1. The van der Waals surface area contributed by atoms with Crippen molar-refractivity contribution in [3.05, 3.63) is 17.8 Å². The van der Waals surface area contributed by atoms with E-state index in [0.29, 0.717) is 18.8 Å². The highest BCUT2D eigenvalue weighted by molar-refractivity contribution is 7.88. The van der Waals surface area contributed by atoms with Crippen molar-refractivity contribution < 1.29 is 17.6 Å². The molecule has 1 aromatic rings. The number of rotatable bonds is 4. The summed E-state index contributed by atoms with van der Waals surface area (Å²) >= 11 is 0. The Morgan fingerprint density at radius 2 is 2.14 bits per heavy atom. The van der Waals surface area contributed by atoms with Gasteiger partial charge in [-0.3, -0.25) is 4.79 Å². The van der Waals surface area contributed by atoms with Crippen LogP contribution in [0.3, 0.4) is 0 Å². The van der Waals surface area contributed by atoms with Crippen LogP contribution < -0.4 is 5.32 Å². The second-order valence-corrected chi connectivity index (χ2v) is 7.82. The molecule has 2 rings (SSSR count). The SMILES string of the molecule is Cc1ncoc1C(=O)N[C@H]1CN(S(C)(=O)=O)C[C@@H]1C(C)C. The van der Waals surface area contributed by atoms with Gasteiger partial charge in [-0.25, -0.2) is 13.4 Å². The quantitative estimate of drug-likeness (QED) is 0.879. The number of nitrogens with zero attached hydrogens (tertiary/aromatic N) is 2. The van der Waals surface area contributed by atoms with Crippen LogP contribution in [-0.4, -0.2) is 49.0 Å². The largest absolute Gasteiger partial charge is 0.438 e. The highest BCUT2D eigenvalue weighted by Gasteiger charge is 2.39. The molecule has 2 heterocycles. The fourth-order valence-electron chi connectivity index (χ4n) is 2.64. The number of hydrogen-bond donors (Lipinski definition) is 1. The fourth-order valence-corrected chi connectivity index (χ4v) is 3.52. The van der Waals surface area contributed by atoms with Crippen molar-refractivity contribution in [1.29, 1.82) is 0 Å². The molecule has 1 fully saturated rings. The van der Waals surface area contributed by atoms with Crippen molar-refractivity contribution in [1.82, 2.24) is 14.6 Å². The molecule has 0 unspecified atom stereocenters. The fraction of sp³-hybridized carbons (Fsp3) is 0.692. The van der Waals surface area contributed by atoms with Gasteiger partial charge < -0.3 is 9.73 Å². The summed E-state index contributed by atoms with van der Waals surface area (Å²) in [6, 6.07) is -0.225. The van der Waals surface area contributed by atoms with Crippen LogP contribution in [0.4, 0.5) is 0 Å². The Balaban J connectivity index is 2.14. The van der Waals surface area contributed by atoms with Gasteiger partial charge >= 0.3 is 0 Å². The molecule has 118 valence electrons. The lowest BCUT2D eigenvalue weighted by molar-refractivity contribution is 0.0896. The second-order valence-electron chi connectivity index (χ2n) is 5.83. The monoisotopic (exact) mass is 315 g/mol. The van der Waals surface area contributed by atoms with Crippen molar-refractivity contribution in [3.8, 4) is 0 Å². The smallest absolute Gasteiger partial charge is 0.289 e. The Morgan fingerprint density at radius 1 is 1.48 bits per heavy atom. The van der Waals surface area contributed by atoms with Crippen LogP contribution >= 0.6 is 0 Å². The third-order valence-corrected chi connectivity index (χ3v) is 5.16. The molecule has 0 aromatic carbocycles. The normalized spacial score (nSPS) is 23.7. The minimum atomic E-state index is -3.25. The first-order valence-electron chi connectivity index (χ1n) is 6.86. The first-order chi connectivity index (χ1) is 9.70. The van der Waals surface area contributed by atoms with Gasteiger partial charge in [-0.15, -0.1) is 0 Å². The van der Waals surface area contributed by atoms with E-state index in [1.54, 1.807) is 6.92 Å². The highest BCUT2D eigenvalue weighted by Crippen LogP contribution is 2.26. The topological polar surface area (TPSA) is 92.5 Å². The molecule has 7 nitrogen and oxygen atoms in total. The maximum absolute atomic E-state index is 12.2. The summed E-state index contributed by atoms with van der Waals surface area (Å²) in [6.07, 6.45) is 2.41. The van der Waals surface area contributed by atoms with Crippen LogP contribution in [0.5, 0.6) is 0 Å². The third kappa shape index (κ3) is 3.44. The molecule has 0 bridgehead atoms. The van der Waals surface area contributed by atoms with Crippen molar-refractivity contribution >= 4 is 15.9 Å². The zero-order valence-corrected chi connectivity index (χ0v) is 13.5. The molecule has 1 N–H and O–H groups in total. The van der Waals surface area contributed by atoms with E-state index in [-0.39, 0.29) is 29.5 Å². The first-order valence-corrected chi connectivity index (χ1v) is 8.71. The summed E-state index contributed by atoms with van der Waals surface area (Å²) in [6.45, 7) is 6.46. The summed E-state index contributed by atoms with van der Waals surface area (Å²) in [5, 5.41) is 2.88. The lowest BCUT2D eigenvalue weighted by Crippen LogP contribution is -2.42. The van der Waals surface area contributed by atoms with E-state index in [0.717, 1.165) is 0 Å². The predicted molar refractivity (Wildman–Crippen MR) is 77.2 cm³/mol. The number of nitrogens with one attached hydrogen (secondary N) is 1. The molecule has 0 spiro atoms. The molecular formula is C13H21N3O4S. The Bertz CT molecular complexity index is 623. The molecule has 0 saturated carbocycles. The van der Waals surface area contributed by atoms with Gasteiger partial charge in [0.2, 0.25) is 15.8 Å². The van der Waals surface area contributed by atoms with E-state index in [2.05, 4.69) is 10.3 Å². The molecule has 1 saturated heterocycles. The van der Waals surface area contributed by atoms with Crippen LogP contribution in [0.1, 0.15) is 30.1 Å². The summed E-state index contributed by atoms with van der Waals surface area (Å²) in [5.74, 6) is 0.163. The van der Waals surface area contributed by atoms with E-state index >= 15 is 0 Å². The predicted octanol–water partition coefficient (Wildman–Crippen LogP) is 0.629. The number of hydrogen-bond acceptors (Lipinski definition) is 5. The second kappa shape index (κ2) is 5.76. The van der Waals surface area contributed by atoms with E-state index in [1.807, 2.05) is 13.8 Å². The maximum Gasteiger partial charge on any atom is 0.289 e. The molecule has 8 heteroatoms. The van der Waals surface area contributed by atoms with Crippen LogP contribution in [0.15, 0.2) is 10.8 Å². The number of amides is 1. The summed E-state index contributed by atoms with van der Waals surface area (Å²) in [4.78, 5) is 16.1. The minimum absolute atomic E-state index is 0.0758. The molecule has 1 aliphatic rings. The molecule has 0 aliphatic carbocycles. The standard InChI is InChI=1S/C13H21N3O4S/c1-8(2)10-5-16(21(4,18)19)6-11(10)15-13(17)12-9(3)14-7-20-12/h7-8,10-11H,5-6H2,1-4H3,(H,15,17)/t10-,11+/m1/s1. The van der Waals surface area contributed by atoms with Gasteiger partial charge in [-0.05, 0) is 18.8 Å². The van der Waals surface area contributed by atoms with Gasteiger partial charge in [0.1, 0.15) is 0 Å². The first kappa shape index (κ1) is 16.0. The van der Waals surface area contributed by atoms with Crippen molar-refractivity contribution in [2.75, 3.05) is 19.3 Å². The Labute approximate surface area is 124 Å². The zero-order chi connectivity index (χ0) is 15.8. The van der Waals surface area contributed by atoms with Gasteiger partial charge in [0, 0.05) is 19.1 Å². The number of aromatic nitrogens is 1. The molecule has 21 heavy (non-hydrogen) atoms. The number of carbonyl (C=O) groups is 1. The number of aryl methyl sites for hydroxylation is 1. The molecule has 1 aromatic heterocycles. The summed E-state index contributed by atoms with van der Waals surface area (Å²) in [7, 11) is -3.25. The summed E-state index contributed by atoms with van der Waals surface area (Å²) in [5.41, 5.74) is 0.520.